The minimum atomic E-state index is 0.755. The summed E-state index contributed by atoms with van der Waals surface area (Å²) < 4.78 is 0. The molecule has 0 unspecified atom stereocenters. The van der Waals surface area contributed by atoms with E-state index in [4.69, 9.17) is 5.73 Å². The first kappa shape index (κ1) is 9.66. The molecule has 2 N–H and O–H groups in total. The Morgan fingerprint density at radius 1 is 1.50 bits per heavy atom. The van der Waals surface area contributed by atoms with Gasteiger partial charge in [0.15, 0.2) is 0 Å². The Morgan fingerprint density at radius 3 is 2.70 bits per heavy atom. The van der Waals surface area contributed by atoms with E-state index in [-0.39, 0.29) is 0 Å². The first-order valence-corrected chi connectivity index (χ1v) is 3.80. The van der Waals surface area contributed by atoms with Crippen molar-refractivity contribution in [2.24, 2.45) is 5.73 Å². The van der Waals surface area contributed by atoms with Crippen LogP contribution in [0.15, 0.2) is 12.7 Å². The average molecular weight is 142 g/mol. The van der Waals surface area contributed by atoms with E-state index in [0.717, 1.165) is 26.1 Å². The second kappa shape index (κ2) is 6.78. The van der Waals surface area contributed by atoms with Crippen LogP contribution in [-0.2, 0) is 0 Å². The van der Waals surface area contributed by atoms with Gasteiger partial charge in [0.2, 0.25) is 0 Å². The van der Waals surface area contributed by atoms with Gasteiger partial charge in [-0.05, 0) is 26.4 Å². The highest BCUT2D eigenvalue weighted by molar-refractivity contribution is 4.66. The Bertz CT molecular complexity index is 81.3. The van der Waals surface area contributed by atoms with Crippen molar-refractivity contribution in [2.45, 2.75) is 12.8 Å². The predicted octanol–water partition coefficient (Wildman–Crippen LogP) is 0.843. The Balaban J connectivity index is 3.04. The van der Waals surface area contributed by atoms with E-state index < -0.39 is 0 Å². The van der Waals surface area contributed by atoms with Crippen LogP contribution >= 0.6 is 0 Å². The molecule has 0 aliphatic rings. The molecular formula is C8H18N2. The molecule has 0 aliphatic heterocycles. The Kier molecular flexibility index (Phi) is 6.55. The van der Waals surface area contributed by atoms with Crippen LogP contribution in [0, 0.1) is 0 Å². The van der Waals surface area contributed by atoms with E-state index >= 15 is 0 Å². The monoisotopic (exact) mass is 142 g/mol. The van der Waals surface area contributed by atoms with Gasteiger partial charge in [0.05, 0.1) is 0 Å². The van der Waals surface area contributed by atoms with Gasteiger partial charge in [-0.1, -0.05) is 6.08 Å². The molecular weight excluding hydrogens is 124 g/mol. The molecule has 0 radical (unpaired) electrons. The summed E-state index contributed by atoms with van der Waals surface area (Å²) >= 11 is 0. The fraction of sp³-hybridized carbons (Fsp3) is 0.750. The summed E-state index contributed by atoms with van der Waals surface area (Å²) in [6, 6.07) is 0. The summed E-state index contributed by atoms with van der Waals surface area (Å²) in [6.45, 7) is 6.54. The van der Waals surface area contributed by atoms with E-state index in [1.807, 2.05) is 6.08 Å². The Hall–Kier alpha value is -0.340. The highest BCUT2D eigenvalue weighted by atomic mass is 15.1. The SMILES string of the molecule is C=CCCCN(C)CCN. The summed E-state index contributed by atoms with van der Waals surface area (Å²) in [6.07, 6.45) is 4.26. The average Bonchev–Trinajstić information content (AvgIpc) is 1.89. The molecule has 10 heavy (non-hydrogen) atoms. The van der Waals surface area contributed by atoms with E-state index in [0.29, 0.717) is 0 Å². The predicted molar refractivity (Wildman–Crippen MR) is 46.0 cm³/mol. The first-order chi connectivity index (χ1) is 4.81. The number of nitrogens with two attached hydrogens (primary N) is 1. The van der Waals surface area contributed by atoms with Gasteiger partial charge in [-0.3, -0.25) is 0 Å². The van der Waals surface area contributed by atoms with Gasteiger partial charge in [0, 0.05) is 13.1 Å². The molecule has 0 fully saturated rings. The largest absolute Gasteiger partial charge is 0.329 e. The van der Waals surface area contributed by atoms with Crippen LogP contribution in [0.3, 0.4) is 0 Å². The van der Waals surface area contributed by atoms with Gasteiger partial charge in [0.25, 0.3) is 0 Å². The zero-order valence-electron chi connectivity index (χ0n) is 6.84. The lowest BCUT2D eigenvalue weighted by Gasteiger charge is -2.13. The van der Waals surface area contributed by atoms with E-state index in [2.05, 4.69) is 18.5 Å². The van der Waals surface area contributed by atoms with E-state index in [1.54, 1.807) is 0 Å². The third kappa shape index (κ3) is 5.79. The lowest BCUT2D eigenvalue weighted by atomic mass is 10.3. The van der Waals surface area contributed by atoms with Crippen molar-refractivity contribution in [2.75, 3.05) is 26.7 Å². The van der Waals surface area contributed by atoms with Crippen LogP contribution in [0.5, 0.6) is 0 Å². The minimum Gasteiger partial charge on any atom is -0.329 e. The van der Waals surface area contributed by atoms with Gasteiger partial charge >= 0.3 is 0 Å². The van der Waals surface area contributed by atoms with Crippen LogP contribution in [0.2, 0.25) is 0 Å². The first-order valence-electron chi connectivity index (χ1n) is 3.80. The summed E-state index contributed by atoms with van der Waals surface area (Å²) in [5.74, 6) is 0. The lowest BCUT2D eigenvalue weighted by Crippen LogP contribution is -2.26. The quantitative estimate of drug-likeness (QED) is 0.440. The second-order valence-corrected chi connectivity index (χ2v) is 2.52. The van der Waals surface area contributed by atoms with Crippen molar-refractivity contribution < 1.29 is 0 Å². The normalized spacial score (nSPS) is 10.3. The molecule has 2 heteroatoms. The van der Waals surface area contributed by atoms with Crippen molar-refractivity contribution >= 4 is 0 Å². The molecule has 0 aromatic heterocycles. The van der Waals surface area contributed by atoms with E-state index in [9.17, 15) is 0 Å². The summed E-state index contributed by atoms with van der Waals surface area (Å²) in [5, 5.41) is 0. The molecule has 0 aromatic carbocycles. The van der Waals surface area contributed by atoms with Gasteiger partial charge in [-0.15, -0.1) is 6.58 Å². The maximum atomic E-state index is 5.37. The molecule has 0 aromatic rings. The number of rotatable bonds is 6. The zero-order valence-corrected chi connectivity index (χ0v) is 6.84. The third-order valence-corrected chi connectivity index (χ3v) is 1.46. The molecule has 0 heterocycles. The molecule has 0 saturated heterocycles. The highest BCUT2D eigenvalue weighted by Gasteiger charge is 1.93. The second-order valence-electron chi connectivity index (χ2n) is 2.52. The number of likely N-dealkylation sites (N-methyl/N-ethyl adjacent to an activating group) is 1. The summed E-state index contributed by atoms with van der Waals surface area (Å²) in [5.41, 5.74) is 5.37. The standard InChI is InChI=1S/C8H18N2/c1-3-4-5-7-10(2)8-6-9/h3H,1,4-9H2,2H3. The Labute approximate surface area is 63.7 Å². The van der Waals surface area contributed by atoms with Crippen molar-refractivity contribution in [3.63, 3.8) is 0 Å². The smallest absolute Gasteiger partial charge is 0.0102 e. The van der Waals surface area contributed by atoms with E-state index in [1.165, 1.54) is 6.42 Å². The third-order valence-electron chi connectivity index (χ3n) is 1.46. The van der Waals surface area contributed by atoms with Gasteiger partial charge in [-0.25, -0.2) is 0 Å². The molecule has 0 bridgehead atoms. The van der Waals surface area contributed by atoms with Crippen molar-refractivity contribution in [1.29, 1.82) is 0 Å². The zero-order chi connectivity index (χ0) is 7.82. The number of unbranched alkanes of at least 4 members (excludes halogenated alkanes) is 1. The van der Waals surface area contributed by atoms with Crippen molar-refractivity contribution in [1.82, 2.24) is 4.90 Å². The number of nitrogens with zero attached hydrogens (tertiary/aromatic N) is 1. The van der Waals surface area contributed by atoms with Crippen LogP contribution in [0.4, 0.5) is 0 Å². The van der Waals surface area contributed by atoms with Crippen LogP contribution in [0.1, 0.15) is 12.8 Å². The molecule has 0 saturated carbocycles. The van der Waals surface area contributed by atoms with Gasteiger partial charge < -0.3 is 10.6 Å². The van der Waals surface area contributed by atoms with Crippen LogP contribution < -0.4 is 5.73 Å². The van der Waals surface area contributed by atoms with Crippen molar-refractivity contribution in [3.8, 4) is 0 Å². The molecule has 0 amide bonds. The molecule has 0 rings (SSSR count). The van der Waals surface area contributed by atoms with Crippen LogP contribution in [0.25, 0.3) is 0 Å². The highest BCUT2D eigenvalue weighted by Crippen LogP contribution is 1.91. The minimum absolute atomic E-state index is 0.755. The molecule has 0 aliphatic carbocycles. The number of hydrogen-bond acceptors (Lipinski definition) is 2. The topological polar surface area (TPSA) is 29.3 Å². The maximum Gasteiger partial charge on any atom is 0.0102 e. The summed E-state index contributed by atoms with van der Waals surface area (Å²) in [4.78, 5) is 2.24. The number of hydrogen-bond donors (Lipinski definition) is 1. The fourth-order valence-corrected chi connectivity index (χ4v) is 0.838. The molecule has 60 valence electrons. The Morgan fingerprint density at radius 2 is 2.20 bits per heavy atom. The fourth-order valence-electron chi connectivity index (χ4n) is 0.838. The summed E-state index contributed by atoms with van der Waals surface area (Å²) in [7, 11) is 2.09. The number of allylic oxidation sites excluding steroid dienone is 1. The molecule has 0 atom stereocenters. The lowest BCUT2D eigenvalue weighted by molar-refractivity contribution is 0.339. The van der Waals surface area contributed by atoms with Gasteiger partial charge in [0.1, 0.15) is 0 Å². The molecule has 2 nitrogen and oxygen atoms in total. The molecule has 0 spiro atoms. The van der Waals surface area contributed by atoms with Crippen LogP contribution in [-0.4, -0.2) is 31.6 Å². The maximum absolute atomic E-state index is 5.37. The van der Waals surface area contributed by atoms with Gasteiger partial charge in [-0.2, -0.15) is 0 Å². The van der Waals surface area contributed by atoms with Crippen molar-refractivity contribution in [3.05, 3.63) is 12.7 Å².